The van der Waals surface area contributed by atoms with Crippen LogP contribution in [0.15, 0.2) is 18.2 Å². The minimum atomic E-state index is -0.0998. The third kappa shape index (κ3) is 6.37. The molecule has 0 radical (unpaired) electrons. The number of rotatable bonds is 8. The van der Waals surface area contributed by atoms with Gasteiger partial charge in [0.1, 0.15) is 5.75 Å². The zero-order valence-electron chi connectivity index (χ0n) is 14.9. The second-order valence-electron chi connectivity index (χ2n) is 6.20. The summed E-state index contributed by atoms with van der Waals surface area (Å²) in [5.74, 6) is 0.956. The van der Waals surface area contributed by atoms with Gasteiger partial charge in [-0.2, -0.15) is 0 Å². The predicted octanol–water partition coefficient (Wildman–Crippen LogP) is 1.28. The summed E-state index contributed by atoms with van der Waals surface area (Å²) < 4.78 is 5.83. The van der Waals surface area contributed by atoms with Crippen molar-refractivity contribution in [3.05, 3.63) is 29.3 Å². The number of para-hydroxylation sites is 1. The van der Waals surface area contributed by atoms with E-state index in [0.717, 1.165) is 56.0 Å². The number of aryl methyl sites for hydroxylation is 2. The number of benzene rings is 1. The van der Waals surface area contributed by atoms with E-state index in [-0.39, 0.29) is 6.03 Å². The maximum Gasteiger partial charge on any atom is 0.314 e. The molecular weight excluding hydrogens is 304 g/mol. The van der Waals surface area contributed by atoms with Crippen molar-refractivity contribution in [2.24, 2.45) is 0 Å². The molecule has 1 aromatic rings. The van der Waals surface area contributed by atoms with Crippen LogP contribution in [0, 0.1) is 13.8 Å². The zero-order valence-corrected chi connectivity index (χ0v) is 14.9. The molecule has 3 N–H and O–H groups in total. The SMILES string of the molecule is Cc1cccc(C)c1OCCCNC(=O)NCCN1CCNCC1. The van der Waals surface area contributed by atoms with Crippen LogP contribution in [0.4, 0.5) is 4.79 Å². The van der Waals surface area contributed by atoms with E-state index in [9.17, 15) is 4.79 Å². The van der Waals surface area contributed by atoms with E-state index >= 15 is 0 Å². The van der Waals surface area contributed by atoms with E-state index in [0.29, 0.717) is 19.7 Å². The highest BCUT2D eigenvalue weighted by Crippen LogP contribution is 2.22. The lowest BCUT2D eigenvalue weighted by molar-refractivity contribution is 0.226. The van der Waals surface area contributed by atoms with Crippen LogP contribution < -0.4 is 20.7 Å². The Kier molecular flexibility index (Phi) is 7.85. The van der Waals surface area contributed by atoms with Crippen molar-refractivity contribution in [1.29, 1.82) is 0 Å². The smallest absolute Gasteiger partial charge is 0.314 e. The Balaban J connectivity index is 1.51. The fraction of sp³-hybridized carbons (Fsp3) is 0.611. The Morgan fingerprint density at radius 2 is 1.83 bits per heavy atom. The maximum absolute atomic E-state index is 11.7. The number of carbonyl (C=O) groups excluding carboxylic acids is 1. The van der Waals surface area contributed by atoms with Gasteiger partial charge in [0.05, 0.1) is 6.61 Å². The van der Waals surface area contributed by atoms with Crippen molar-refractivity contribution in [3.63, 3.8) is 0 Å². The third-order valence-corrected chi connectivity index (χ3v) is 4.19. The molecule has 2 rings (SSSR count). The van der Waals surface area contributed by atoms with Crippen molar-refractivity contribution in [1.82, 2.24) is 20.9 Å². The fourth-order valence-corrected chi connectivity index (χ4v) is 2.80. The number of carbonyl (C=O) groups is 1. The molecule has 0 spiro atoms. The van der Waals surface area contributed by atoms with Gasteiger partial charge >= 0.3 is 6.03 Å². The first-order valence-corrected chi connectivity index (χ1v) is 8.80. The monoisotopic (exact) mass is 334 g/mol. The highest BCUT2D eigenvalue weighted by molar-refractivity contribution is 5.73. The van der Waals surface area contributed by atoms with Crippen molar-refractivity contribution >= 4 is 6.03 Å². The van der Waals surface area contributed by atoms with Crippen molar-refractivity contribution < 1.29 is 9.53 Å². The number of nitrogens with zero attached hydrogens (tertiary/aromatic N) is 1. The lowest BCUT2D eigenvalue weighted by atomic mass is 10.1. The summed E-state index contributed by atoms with van der Waals surface area (Å²) in [5, 5.41) is 9.10. The molecule has 1 fully saturated rings. The first-order valence-electron chi connectivity index (χ1n) is 8.80. The number of amides is 2. The minimum Gasteiger partial charge on any atom is -0.493 e. The molecule has 134 valence electrons. The summed E-state index contributed by atoms with van der Waals surface area (Å²) in [6.07, 6.45) is 0.791. The number of piperazine rings is 1. The number of ether oxygens (including phenoxy) is 1. The number of nitrogens with one attached hydrogen (secondary N) is 3. The van der Waals surface area contributed by atoms with Gasteiger partial charge in [-0.05, 0) is 31.4 Å². The van der Waals surface area contributed by atoms with Gasteiger partial charge in [-0.3, -0.25) is 4.90 Å². The lowest BCUT2D eigenvalue weighted by Gasteiger charge is -2.27. The summed E-state index contributed by atoms with van der Waals surface area (Å²) >= 11 is 0. The molecular formula is C18H30N4O2. The molecule has 0 atom stereocenters. The molecule has 2 amide bonds. The van der Waals surface area contributed by atoms with Crippen molar-refractivity contribution in [2.75, 3.05) is 52.4 Å². The van der Waals surface area contributed by atoms with Gasteiger partial charge in [-0.1, -0.05) is 18.2 Å². The number of hydrogen-bond donors (Lipinski definition) is 3. The Morgan fingerprint density at radius 1 is 1.17 bits per heavy atom. The van der Waals surface area contributed by atoms with E-state index in [2.05, 4.69) is 20.9 Å². The van der Waals surface area contributed by atoms with Gasteiger partial charge in [0.15, 0.2) is 0 Å². The topological polar surface area (TPSA) is 65.6 Å². The van der Waals surface area contributed by atoms with Crippen LogP contribution in [0.2, 0.25) is 0 Å². The van der Waals surface area contributed by atoms with E-state index in [1.54, 1.807) is 0 Å². The molecule has 6 nitrogen and oxygen atoms in total. The minimum absolute atomic E-state index is 0.0998. The summed E-state index contributed by atoms with van der Waals surface area (Å²) in [4.78, 5) is 14.1. The zero-order chi connectivity index (χ0) is 17.2. The molecule has 0 bridgehead atoms. The van der Waals surface area contributed by atoms with Gasteiger partial charge in [0, 0.05) is 45.8 Å². The number of urea groups is 1. The normalized spacial score (nSPS) is 15.1. The van der Waals surface area contributed by atoms with Gasteiger partial charge in [-0.15, -0.1) is 0 Å². The van der Waals surface area contributed by atoms with Crippen molar-refractivity contribution in [2.45, 2.75) is 20.3 Å². The maximum atomic E-state index is 11.7. The summed E-state index contributed by atoms with van der Waals surface area (Å²) in [5.41, 5.74) is 2.29. The predicted molar refractivity (Wildman–Crippen MR) is 96.7 cm³/mol. The fourth-order valence-electron chi connectivity index (χ4n) is 2.80. The first kappa shape index (κ1) is 18.5. The van der Waals surface area contributed by atoms with E-state index < -0.39 is 0 Å². The van der Waals surface area contributed by atoms with E-state index in [4.69, 9.17) is 4.74 Å². The quantitative estimate of drug-likeness (QED) is 0.627. The van der Waals surface area contributed by atoms with Crippen LogP contribution in [0.1, 0.15) is 17.5 Å². The van der Waals surface area contributed by atoms with Crippen LogP contribution in [0.5, 0.6) is 5.75 Å². The molecule has 24 heavy (non-hydrogen) atoms. The Labute approximate surface area is 144 Å². The number of hydrogen-bond acceptors (Lipinski definition) is 4. The summed E-state index contributed by atoms with van der Waals surface area (Å²) in [6, 6.07) is 6.03. The third-order valence-electron chi connectivity index (χ3n) is 4.19. The van der Waals surface area contributed by atoms with E-state index in [1.807, 2.05) is 32.0 Å². The van der Waals surface area contributed by atoms with Gasteiger partial charge in [-0.25, -0.2) is 4.79 Å². The lowest BCUT2D eigenvalue weighted by Crippen LogP contribution is -2.47. The Bertz CT molecular complexity index is 495. The Hall–Kier alpha value is -1.79. The van der Waals surface area contributed by atoms with Crippen molar-refractivity contribution in [3.8, 4) is 5.75 Å². The molecule has 0 saturated carbocycles. The highest BCUT2D eigenvalue weighted by Gasteiger charge is 2.09. The molecule has 1 aliphatic heterocycles. The molecule has 1 heterocycles. The van der Waals surface area contributed by atoms with E-state index in [1.165, 1.54) is 0 Å². The van der Waals surface area contributed by atoms with Crippen LogP contribution >= 0.6 is 0 Å². The average Bonchev–Trinajstić information content (AvgIpc) is 2.58. The molecule has 0 aromatic heterocycles. The van der Waals surface area contributed by atoms with Gasteiger partial charge < -0.3 is 20.7 Å². The highest BCUT2D eigenvalue weighted by atomic mass is 16.5. The summed E-state index contributed by atoms with van der Waals surface area (Å²) in [6.45, 7) is 11.1. The average molecular weight is 334 g/mol. The van der Waals surface area contributed by atoms with Crippen LogP contribution in [0.3, 0.4) is 0 Å². The first-order chi connectivity index (χ1) is 11.7. The molecule has 1 aliphatic rings. The van der Waals surface area contributed by atoms with Gasteiger partial charge in [0.25, 0.3) is 0 Å². The largest absolute Gasteiger partial charge is 0.493 e. The standard InChI is InChI=1S/C18H30N4O2/c1-15-5-3-6-16(2)17(15)24-14-4-7-20-18(23)21-10-13-22-11-8-19-9-12-22/h3,5-6,19H,4,7-14H2,1-2H3,(H2,20,21,23). The molecule has 6 heteroatoms. The van der Waals surface area contributed by atoms with Crippen LogP contribution in [0.25, 0.3) is 0 Å². The van der Waals surface area contributed by atoms with Crippen LogP contribution in [-0.4, -0.2) is 63.4 Å². The molecule has 1 saturated heterocycles. The second kappa shape index (κ2) is 10.2. The Morgan fingerprint density at radius 3 is 2.54 bits per heavy atom. The molecule has 1 aromatic carbocycles. The van der Waals surface area contributed by atoms with Crippen LogP contribution in [-0.2, 0) is 0 Å². The summed E-state index contributed by atoms with van der Waals surface area (Å²) in [7, 11) is 0. The molecule has 0 unspecified atom stereocenters. The van der Waals surface area contributed by atoms with Gasteiger partial charge in [0.2, 0.25) is 0 Å². The molecule has 0 aliphatic carbocycles. The second-order valence-corrected chi connectivity index (χ2v) is 6.20.